The molecule has 0 aliphatic heterocycles. The molecule has 0 atom stereocenters. The summed E-state index contributed by atoms with van der Waals surface area (Å²) in [5.41, 5.74) is 6.10. The van der Waals surface area contributed by atoms with Crippen LogP contribution in [0, 0.1) is 6.92 Å². The zero-order valence-corrected chi connectivity index (χ0v) is 8.27. The number of nitrogens with two attached hydrogens (primary N) is 1. The standard InChI is InChI=1S/C7H11N3O2.ClH/c1-3-12-7(11)6-9-4(2)5(8)10-6;/h3,8H2,1-2H3,(H,9,10);1H. The Kier molecular flexibility index (Phi) is 4.27. The van der Waals surface area contributed by atoms with E-state index >= 15 is 0 Å². The number of carbonyl (C=O) groups excluding carboxylic acids is 1. The van der Waals surface area contributed by atoms with E-state index in [1.54, 1.807) is 13.8 Å². The molecule has 0 bridgehead atoms. The highest BCUT2D eigenvalue weighted by Gasteiger charge is 2.11. The van der Waals surface area contributed by atoms with E-state index in [2.05, 4.69) is 9.97 Å². The van der Waals surface area contributed by atoms with Crippen molar-refractivity contribution >= 4 is 24.2 Å². The number of nitrogens with one attached hydrogen (secondary N) is 1. The summed E-state index contributed by atoms with van der Waals surface area (Å²) >= 11 is 0. The average Bonchev–Trinajstić information content (AvgIpc) is 2.33. The molecule has 6 heteroatoms. The lowest BCUT2D eigenvalue weighted by Gasteiger charge is -1.95. The van der Waals surface area contributed by atoms with Gasteiger partial charge in [0, 0.05) is 0 Å². The third kappa shape index (κ3) is 2.62. The number of rotatable bonds is 2. The average molecular weight is 206 g/mol. The van der Waals surface area contributed by atoms with E-state index in [4.69, 9.17) is 10.5 Å². The molecule has 13 heavy (non-hydrogen) atoms. The maximum absolute atomic E-state index is 11.0. The lowest BCUT2D eigenvalue weighted by atomic mass is 10.5. The largest absolute Gasteiger partial charge is 0.460 e. The number of hydrogen-bond donors (Lipinski definition) is 2. The highest BCUT2D eigenvalue weighted by atomic mass is 35.5. The molecule has 0 saturated carbocycles. The second-order valence-corrected chi connectivity index (χ2v) is 2.32. The molecule has 1 aromatic rings. The minimum Gasteiger partial charge on any atom is -0.460 e. The first-order valence-electron chi connectivity index (χ1n) is 3.64. The van der Waals surface area contributed by atoms with Crippen molar-refractivity contribution in [1.82, 2.24) is 9.97 Å². The van der Waals surface area contributed by atoms with Crippen LogP contribution in [0.4, 0.5) is 5.82 Å². The Hall–Kier alpha value is -1.23. The smallest absolute Gasteiger partial charge is 0.374 e. The van der Waals surface area contributed by atoms with Crippen molar-refractivity contribution in [3.63, 3.8) is 0 Å². The molecule has 0 radical (unpaired) electrons. The number of aromatic amines is 1. The number of aromatic nitrogens is 2. The van der Waals surface area contributed by atoms with Gasteiger partial charge in [0.1, 0.15) is 5.82 Å². The Morgan fingerprint density at radius 1 is 1.69 bits per heavy atom. The summed E-state index contributed by atoms with van der Waals surface area (Å²) in [6.07, 6.45) is 0. The Balaban J connectivity index is 0.00000144. The van der Waals surface area contributed by atoms with Crippen molar-refractivity contribution in [2.24, 2.45) is 0 Å². The number of nitrogen functional groups attached to an aromatic ring is 1. The van der Waals surface area contributed by atoms with E-state index < -0.39 is 5.97 Å². The zero-order chi connectivity index (χ0) is 9.14. The lowest BCUT2D eigenvalue weighted by molar-refractivity contribution is 0.0513. The van der Waals surface area contributed by atoms with Crippen LogP contribution in [0.3, 0.4) is 0 Å². The third-order valence-corrected chi connectivity index (χ3v) is 1.39. The molecule has 0 amide bonds. The van der Waals surface area contributed by atoms with Gasteiger partial charge in [-0.05, 0) is 13.8 Å². The van der Waals surface area contributed by atoms with Gasteiger partial charge < -0.3 is 15.5 Å². The maximum Gasteiger partial charge on any atom is 0.374 e. The monoisotopic (exact) mass is 205 g/mol. The SMILES string of the molecule is CCOC(=O)c1nc(N)c(C)[nH]1.Cl. The number of ether oxygens (including phenoxy) is 1. The van der Waals surface area contributed by atoms with Crippen LogP contribution in [0.5, 0.6) is 0 Å². The summed E-state index contributed by atoms with van der Waals surface area (Å²) in [6.45, 7) is 3.81. The molecule has 0 aromatic carbocycles. The van der Waals surface area contributed by atoms with Gasteiger partial charge >= 0.3 is 5.97 Å². The number of H-pyrrole nitrogens is 1. The Labute approximate surface area is 82.1 Å². The van der Waals surface area contributed by atoms with Gasteiger partial charge in [0.15, 0.2) is 0 Å². The van der Waals surface area contributed by atoms with Crippen LogP contribution in [-0.2, 0) is 4.74 Å². The third-order valence-electron chi connectivity index (χ3n) is 1.39. The van der Waals surface area contributed by atoms with E-state index in [0.717, 1.165) is 0 Å². The Morgan fingerprint density at radius 2 is 2.31 bits per heavy atom. The highest BCUT2D eigenvalue weighted by molar-refractivity contribution is 5.86. The van der Waals surface area contributed by atoms with Crippen LogP contribution >= 0.6 is 12.4 Å². The van der Waals surface area contributed by atoms with Gasteiger partial charge in [-0.1, -0.05) is 0 Å². The molecule has 1 heterocycles. The number of nitrogens with zero attached hydrogens (tertiary/aromatic N) is 1. The van der Waals surface area contributed by atoms with Gasteiger partial charge in [-0.25, -0.2) is 9.78 Å². The summed E-state index contributed by atoms with van der Waals surface area (Å²) in [6, 6.07) is 0. The Bertz CT molecular complexity index is 278. The molecule has 74 valence electrons. The number of hydrogen-bond acceptors (Lipinski definition) is 4. The van der Waals surface area contributed by atoms with Gasteiger partial charge in [-0.15, -0.1) is 12.4 Å². The fourth-order valence-electron chi connectivity index (χ4n) is 0.770. The van der Waals surface area contributed by atoms with Gasteiger partial charge in [0.2, 0.25) is 5.82 Å². The first kappa shape index (κ1) is 11.8. The summed E-state index contributed by atoms with van der Waals surface area (Å²) in [5, 5.41) is 0. The highest BCUT2D eigenvalue weighted by Crippen LogP contribution is 2.06. The molecule has 5 nitrogen and oxygen atoms in total. The van der Waals surface area contributed by atoms with E-state index in [1.165, 1.54) is 0 Å². The molecular formula is C7H12ClN3O2. The van der Waals surface area contributed by atoms with Crippen LogP contribution in [0.2, 0.25) is 0 Å². The van der Waals surface area contributed by atoms with Crippen LogP contribution in [0.15, 0.2) is 0 Å². The molecule has 0 saturated heterocycles. The van der Waals surface area contributed by atoms with Crippen LogP contribution in [-0.4, -0.2) is 22.5 Å². The Morgan fingerprint density at radius 3 is 2.69 bits per heavy atom. The molecule has 1 rings (SSSR count). The quantitative estimate of drug-likeness (QED) is 0.703. The van der Waals surface area contributed by atoms with E-state index in [0.29, 0.717) is 18.1 Å². The molecule has 0 aliphatic carbocycles. The summed E-state index contributed by atoms with van der Waals surface area (Å²) in [5.74, 6) is 0.0159. The normalized spacial score (nSPS) is 9.08. The van der Waals surface area contributed by atoms with Crippen molar-refractivity contribution in [2.75, 3.05) is 12.3 Å². The van der Waals surface area contributed by atoms with Gasteiger partial charge in [-0.2, -0.15) is 0 Å². The van der Waals surface area contributed by atoms with E-state index in [-0.39, 0.29) is 18.2 Å². The zero-order valence-electron chi connectivity index (χ0n) is 7.46. The van der Waals surface area contributed by atoms with E-state index in [9.17, 15) is 4.79 Å². The molecule has 0 spiro atoms. The first-order chi connectivity index (χ1) is 5.65. The van der Waals surface area contributed by atoms with Crippen molar-refractivity contribution in [2.45, 2.75) is 13.8 Å². The van der Waals surface area contributed by atoms with Crippen molar-refractivity contribution < 1.29 is 9.53 Å². The maximum atomic E-state index is 11.0. The predicted octanol–water partition coefficient (Wildman–Crippen LogP) is 0.899. The van der Waals surface area contributed by atoms with Crippen molar-refractivity contribution in [3.8, 4) is 0 Å². The minimum atomic E-state index is -0.475. The van der Waals surface area contributed by atoms with Gasteiger partial charge in [0.05, 0.1) is 12.3 Å². The topological polar surface area (TPSA) is 81.0 Å². The van der Waals surface area contributed by atoms with Crippen molar-refractivity contribution in [3.05, 3.63) is 11.5 Å². The van der Waals surface area contributed by atoms with E-state index in [1.807, 2.05) is 0 Å². The minimum absolute atomic E-state index is 0. The van der Waals surface area contributed by atoms with Crippen LogP contribution in [0.1, 0.15) is 23.2 Å². The molecule has 3 N–H and O–H groups in total. The second-order valence-electron chi connectivity index (χ2n) is 2.32. The summed E-state index contributed by atoms with van der Waals surface area (Å²) < 4.78 is 4.71. The number of aryl methyl sites for hydroxylation is 1. The summed E-state index contributed by atoms with van der Waals surface area (Å²) in [7, 11) is 0. The number of halogens is 1. The number of anilines is 1. The molecular weight excluding hydrogens is 194 g/mol. The fourth-order valence-corrected chi connectivity index (χ4v) is 0.770. The number of esters is 1. The van der Waals surface area contributed by atoms with Crippen molar-refractivity contribution in [1.29, 1.82) is 0 Å². The second kappa shape index (κ2) is 4.71. The molecule has 0 unspecified atom stereocenters. The first-order valence-corrected chi connectivity index (χ1v) is 3.64. The molecule has 1 aromatic heterocycles. The van der Waals surface area contributed by atoms with Crippen LogP contribution < -0.4 is 5.73 Å². The summed E-state index contributed by atoms with van der Waals surface area (Å²) in [4.78, 5) is 17.5. The number of imidazole rings is 1. The number of carbonyl (C=O) groups is 1. The van der Waals surface area contributed by atoms with Gasteiger partial charge in [0.25, 0.3) is 0 Å². The molecule has 0 fully saturated rings. The fraction of sp³-hybridized carbons (Fsp3) is 0.429. The predicted molar refractivity (Wildman–Crippen MR) is 50.9 cm³/mol. The lowest BCUT2D eigenvalue weighted by Crippen LogP contribution is -2.06. The van der Waals surface area contributed by atoms with Crippen LogP contribution in [0.25, 0.3) is 0 Å². The molecule has 0 aliphatic rings. The van der Waals surface area contributed by atoms with Gasteiger partial charge in [-0.3, -0.25) is 0 Å².